The molecule has 0 aliphatic heterocycles. The number of hydrogen-bond donors (Lipinski definition) is 1. The summed E-state index contributed by atoms with van der Waals surface area (Å²) in [6.07, 6.45) is 3.47. The number of nitrogens with zero attached hydrogens (tertiary/aromatic N) is 4. The Bertz CT molecular complexity index is 544. The average Bonchev–Trinajstić information content (AvgIpc) is 2.39. The van der Waals surface area contributed by atoms with Crippen molar-refractivity contribution in [2.75, 3.05) is 19.0 Å². The van der Waals surface area contributed by atoms with Crippen LogP contribution in [0.5, 0.6) is 6.01 Å². The SMILES string of the molecule is CCNc1nc(OC)nc(-c2cnccc2C)n1. The smallest absolute Gasteiger partial charge is 0.321 e. The molecule has 0 unspecified atom stereocenters. The molecule has 6 heteroatoms. The Hall–Kier alpha value is -2.24. The maximum atomic E-state index is 5.08. The molecular formula is C12H15N5O. The van der Waals surface area contributed by atoms with Crippen LogP contribution in [-0.2, 0) is 0 Å². The van der Waals surface area contributed by atoms with Gasteiger partial charge in [-0.2, -0.15) is 15.0 Å². The van der Waals surface area contributed by atoms with Gasteiger partial charge in [0, 0.05) is 24.5 Å². The predicted molar refractivity (Wildman–Crippen MR) is 68.5 cm³/mol. The minimum absolute atomic E-state index is 0.291. The molecule has 2 heterocycles. The van der Waals surface area contributed by atoms with Crippen molar-refractivity contribution in [2.24, 2.45) is 0 Å². The fraction of sp³-hybridized carbons (Fsp3) is 0.333. The van der Waals surface area contributed by atoms with E-state index in [1.54, 1.807) is 12.4 Å². The van der Waals surface area contributed by atoms with Gasteiger partial charge in [0.05, 0.1) is 7.11 Å². The summed E-state index contributed by atoms with van der Waals surface area (Å²) in [7, 11) is 1.53. The third-order valence-corrected chi connectivity index (χ3v) is 2.41. The van der Waals surface area contributed by atoms with E-state index in [0.29, 0.717) is 17.8 Å². The minimum Gasteiger partial charge on any atom is -0.467 e. The first kappa shape index (κ1) is 12.2. The lowest BCUT2D eigenvalue weighted by molar-refractivity contribution is 0.379. The predicted octanol–water partition coefficient (Wildman–Crippen LogP) is 1.68. The van der Waals surface area contributed by atoms with E-state index in [0.717, 1.165) is 17.7 Å². The second-order valence-electron chi connectivity index (χ2n) is 3.69. The van der Waals surface area contributed by atoms with E-state index in [2.05, 4.69) is 25.3 Å². The van der Waals surface area contributed by atoms with Gasteiger partial charge in [0.25, 0.3) is 0 Å². The fourth-order valence-electron chi connectivity index (χ4n) is 1.50. The third kappa shape index (κ3) is 2.53. The molecule has 94 valence electrons. The van der Waals surface area contributed by atoms with Crippen LogP contribution in [0.1, 0.15) is 12.5 Å². The van der Waals surface area contributed by atoms with Gasteiger partial charge in [-0.05, 0) is 25.5 Å². The van der Waals surface area contributed by atoms with E-state index < -0.39 is 0 Å². The van der Waals surface area contributed by atoms with E-state index in [4.69, 9.17) is 4.74 Å². The van der Waals surface area contributed by atoms with E-state index in [9.17, 15) is 0 Å². The monoisotopic (exact) mass is 245 g/mol. The zero-order chi connectivity index (χ0) is 13.0. The van der Waals surface area contributed by atoms with Crippen molar-refractivity contribution in [1.82, 2.24) is 19.9 Å². The van der Waals surface area contributed by atoms with Gasteiger partial charge in [-0.3, -0.25) is 4.98 Å². The molecule has 6 nitrogen and oxygen atoms in total. The van der Waals surface area contributed by atoms with Crippen LogP contribution < -0.4 is 10.1 Å². The first-order chi connectivity index (χ1) is 8.74. The van der Waals surface area contributed by atoms with E-state index in [1.807, 2.05) is 19.9 Å². The molecule has 0 amide bonds. The number of aryl methyl sites for hydroxylation is 1. The number of aromatic nitrogens is 4. The van der Waals surface area contributed by atoms with E-state index in [-0.39, 0.29) is 0 Å². The van der Waals surface area contributed by atoms with Crippen LogP contribution in [0.2, 0.25) is 0 Å². The van der Waals surface area contributed by atoms with Gasteiger partial charge in [0.1, 0.15) is 0 Å². The summed E-state index contributed by atoms with van der Waals surface area (Å²) in [6, 6.07) is 2.21. The Morgan fingerprint density at radius 1 is 1.28 bits per heavy atom. The normalized spacial score (nSPS) is 10.2. The molecule has 0 radical (unpaired) electrons. The second kappa shape index (κ2) is 5.39. The molecule has 0 atom stereocenters. The van der Waals surface area contributed by atoms with Crippen LogP contribution in [0.4, 0.5) is 5.95 Å². The Morgan fingerprint density at radius 2 is 2.11 bits per heavy atom. The van der Waals surface area contributed by atoms with Crippen LogP contribution in [0.25, 0.3) is 11.4 Å². The lowest BCUT2D eigenvalue weighted by Gasteiger charge is -2.08. The van der Waals surface area contributed by atoms with E-state index in [1.165, 1.54) is 7.11 Å². The van der Waals surface area contributed by atoms with Crippen molar-refractivity contribution < 1.29 is 4.74 Å². The molecule has 18 heavy (non-hydrogen) atoms. The lowest BCUT2D eigenvalue weighted by atomic mass is 10.1. The zero-order valence-electron chi connectivity index (χ0n) is 10.6. The molecule has 0 spiro atoms. The second-order valence-corrected chi connectivity index (χ2v) is 3.69. The topological polar surface area (TPSA) is 72.8 Å². The minimum atomic E-state index is 0.291. The molecule has 0 bridgehead atoms. The lowest BCUT2D eigenvalue weighted by Crippen LogP contribution is -2.06. The quantitative estimate of drug-likeness (QED) is 0.883. The number of hydrogen-bond acceptors (Lipinski definition) is 6. The van der Waals surface area contributed by atoms with Crippen molar-refractivity contribution in [3.8, 4) is 17.4 Å². The Morgan fingerprint density at radius 3 is 2.78 bits per heavy atom. The number of anilines is 1. The number of pyridine rings is 1. The summed E-state index contributed by atoms with van der Waals surface area (Å²) in [4.78, 5) is 16.8. The Balaban J connectivity index is 2.50. The maximum absolute atomic E-state index is 5.08. The van der Waals surface area contributed by atoms with Gasteiger partial charge in [-0.1, -0.05) is 0 Å². The van der Waals surface area contributed by atoms with Gasteiger partial charge in [-0.25, -0.2) is 0 Å². The molecule has 2 aromatic rings. The zero-order valence-corrected chi connectivity index (χ0v) is 10.6. The molecule has 1 N–H and O–H groups in total. The largest absolute Gasteiger partial charge is 0.467 e. The molecule has 0 fully saturated rings. The summed E-state index contributed by atoms with van der Waals surface area (Å²) in [5, 5.41) is 3.05. The van der Waals surface area contributed by atoms with Crippen LogP contribution in [0, 0.1) is 6.92 Å². The molecular weight excluding hydrogens is 230 g/mol. The number of ether oxygens (including phenoxy) is 1. The van der Waals surface area contributed by atoms with Gasteiger partial charge >= 0.3 is 6.01 Å². The van der Waals surface area contributed by atoms with Crippen LogP contribution in [-0.4, -0.2) is 33.6 Å². The van der Waals surface area contributed by atoms with Crippen LogP contribution >= 0.6 is 0 Å². The van der Waals surface area contributed by atoms with Crippen LogP contribution in [0.3, 0.4) is 0 Å². The molecule has 2 aromatic heterocycles. The van der Waals surface area contributed by atoms with E-state index >= 15 is 0 Å². The third-order valence-electron chi connectivity index (χ3n) is 2.41. The Labute approximate surface area is 105 Å². The van der Waals surface area contributed by atoms with Crippen molar-refractivity contribution in [3.63, 3.8) is 0 Å². The van der Waals surface area contributed by atoms with Crippen molar-refractivity contribution in [1.29, 1.82) is 0 Å². The molecule has 0 saturated heterocycles. The molecule has 0 saturated carbocycles. The van der Waals surface area contributed by atoms with Gasteiger partial charge < -0.3 is 10.1 Å². The summed E-state index contributed by atoms with van der Waals surface area (Å²) >= 11 is 0. The first-order valence-electron chi connectivity index (χ1n) is 5.69. The highest BCUT2D eigenvalue weighted by molar-refractivity contribution is 5.59. The highest BCUT2D eigenvalue weighted by atomic mass is 16.5. The van der Waals surface area contributed by atoms with Gasteiger partial charge in [0.2, 0.25) is 5.95 Å². The maximum Gasteiger partial charge on any atom is 0.321 e. The summed E-state index contributed by atoms with van der Waals surface area (Å²) in [5.74, 6) is 1.06. The van der Waals surface area contributed by atoms with Crippen molar-refractivity contribution in [2.45, 2.75) is 13.8 Å². The number of methoxy groups -OCH3 is 1. The molecule has 2 rings (SSSR count). The summed E-state index contributed by atoms with van der Waals surface area (Å²) in [5.41, 5.74) is 1.93. The summed E-state index contributed by atoms with van der Waals surface area (Å²) in [6.45, 7) is 4.70. The molecule has 0 aliphatic rings. The highest BCUT2D eigenvalue weighted by Gasteiger charge is 2.10. The van der Waals surface area contributed by atoms with Crippen LogP contribution in [0.15, 0.2) is 18.5 Å². The fourth-order valence-corrected chi connectivity index (χ4v) is 1.50. The first-order valence-corrected chi connectivity index (χ1v) is 5.69. The molecule has 0 aromatic carbocycles. The number of rotatable bonds is 4. The molecule has 0 aliphatic carbocycles. The highest BCUT2D eigenvalue weighted by Crippen LogP contribution is 2.20. The standard InChI is InChI=1S/C12H15N5O/c1-4-14-11-15-10(16-12(17-11)18-3)9-7-13-6-5-8(9)2/h5-7H,4H2,1-3H3,(H,14,15,16,17). The number of nitrogens with one attached hydrogen (secondary N) is 1. The average molecular weight is 245 g/mol. The van der Waals surface area contributed by atoms with Crippen molar-refractivity contribution in [3.05, 3.63) is 24.0 Å². The van der Waals surface area contributed by atoms with Gasteiger partial charge in [0.15, 0.2) is 5.82 Å². The summed E-state index contributed by atoms with van der Waals surface area (Å²) < 4.78 is 5.08. The Kier molecular flexibility index (Phi) is 3.66. The van der Waals surface area contributed by atoms with Gasteiger partial charge in [-0.15, -0.1) is 0 Å². The van der Waals surface area contributed by atoms with Crippen molar-refractivity contribution >= 4 is 5.95 Å².